The Hall–Kier alpha value is -3.89. The topological polar surface area (TPSA) is 87.0 Å². The number of nitrogens with zero attached hydrogens (tertiary/aromatic N) is 4. The quantitative estimate of drug-likeness (QED) is 0.486. The number of amides is 2. The highest BCUT2D eigenvalue weighted by molar-refractivity contribution is 6.08. The predicted octanol–water partition coefficient (Wildman–Crippen LogP) is 3.78. The highest BCUT2D eigenvalue weighted by Gasteiger charge is 2.35. The van der Waals surface area contributed by atoms with Crippen LogP contribution in [0.4, 0.5) is 24.5 Å². The zero-order valence-corrected chi connectivity index (χ0v) is 18.0. The molecule has 2 heterocycles. The number of carbonyl (C=O) groups is 2. The smallest absolute Gasteiger partial charge is 0.362 e. The maximum absolute atomic E-state index is 12.9. The van der Waals surface area contributed by atoms with Gasteiger partial charge in [0.1, 0.15) is 5.69 Å². The zero-order valence-electron chi connectivity index (χ0n) is 18.0. The third-order valence-electron chi connectivity index (χ3n) is 6.06. The van der Waals surface area contributed by atoms with Gasteiger partial charge in [0.2, 0.25) is 5.91 Å². The van der Waals surface area contributed by atoms with Gasteiger partial charge in [-0.3, -0.25) is 19.7 Å². The summed E-state index contributed by atoms with van der Waals surface area (Å²) < 4.78 is 38.8. The van der Waals surface area contributed by atoms with E-state index in [1.165, 1.54) is 4.90 Å². The number of hydrogen-bond donors (Lipinski definition) is 0. The van der Waals surface area contributed by atoms with Gasteiger partial charge in [-0.2, -0.15) is 13.2 Å². The van der Waals surface area contributed by atoms with Gasteiger partial charge in [0.05, 0.1) is 10.5 Å². The molecule has 0 saturated carbocycles. The number of anilines is 1. The second-order valence-corrected chi connectivity index (χ2v) is 8.03. The molecule has 2 aromatic rings. The molecule has 2 aliphatic rings. The van der Waals surface area contributed by atoms with E-state index in [1.54, 1.807) is 28.0 Å². The molecule has 34 heavy (non-hydrogen) atoms. The van der Waals surface area contributed by atoms with Crippen LogP contribution in [0.1, 0.15) is 27.9 Å². The monoisotopic (exact) mass is 474 g/mol. The molecule has 2 aliphatic heterocycles. The van der Waals surface area contributed by atoms with Crippen molar-refractivity contribution in [3.05, 3.63) is 75.8 Å². The van der Waals surface area contributed by atoms with Crippen molar-refractivity contribution in [1.82, 2.24) is 9.80 Å². The third kappa shape index (κ3) is 4.33. The van der Waals surface area contributed by atoms with Crippen LogP contribution >= 0.6 is 0 Å². The summed E-state index contributed by atoms with van der Waals surface area (Å²) in [6, 6.07) is 9.54. The third-order valence-corrected chi connectivity index (χ3v) is 6.06. The van der Waals surface area contributed by atoms with E-state index in [4.69, 9.17) is 0 Å². The minimum Gasteiger partial charge on any atom is -0.362 e. The first-order valence-corrected chi connectivity index (χ1v) is 10.6. The summed E-state index contributed by atoms with van der Waals surface area (Å²) in [5, 5.41) is 11.4. The molecule has 0 aromatic heterocycles. The largest absolute Gasteiger partial charge is 0.416 e. The molecule has 0 spiro atoms. The number of rotatable bonds is 5. The number of carbonyl (C=O) groups excluding carboxylic acids is 2. The first-order valence-electron chi connectivity index (χ1n) is 10.6. The van der Waals surface area contributed by atoms with Gasteiger partial charge in [0.15, 0.2) is 0 Å². The Bertz CT molecular complexity index is 1140. The number of benzene rings is 2. The molecule has 0 bridgehead atoms. The predicted molar refractivity (Wildman–Crippen MR) is 118 cm³/mol. The summed E-state index contributed by atoms with van der Waals surface area (Å²) in [5.74, 6) is -0.383. The number of halogens is 3. The van der Waals surface area contributed by atoms with Crippen LogP contribution in [0, 0.1) is 10.1 Å². The highest BCUT2D eigenvalue weighted by atomic mass is 19.4. The maximum atomic E-state index is 12.9. The number of hydrogen-bond acceptors (Lipinski definition) is 5. The molecule has 0 N–H and O–H groups in total. The summed E-state index contributed by atoms with van der Waals surface area (Å²) in [6.07, 6.45) is -4.60. The van der Waals surface area contributed by atoms with E-state index >= 15 is 0 Å². The Morgan fingerprint density at radius 2 is 1.71 bits per heavy atom. The van der Waals surface area contributed by atoms with Gasteiger partial charge in [-0.25, -0.2) is 0 Å². The van der Waals surface area contributed by atoms with Crippen LogP contribution < -0.4 is 4.90 Å². The van der Waals surface area contributed by atoms with Gasteiger partial charge in [-0.05, 0) is 18.2 Å². The summed E-state index contributed by atoms with van der Waals surface area (Å²) >= 11 is 0. The summed E-state index contributed by atoms with van der Waals surface area (Å²) in [6.45, 7) is 5.11. The number of nitro benzene ring substituents is 1. The lowest BCUT2D eigenvalue weighted by Crippen LogP contribution is -2.49. The van der Waals surface area contributed by atoms with Gasteiger partial charge >= 0.3 is 6.18 Å². The van der Waals surface area contributed by atoms with Gasteiger partial charge < -0.3 is 14.7 Å². The molecule has 1 saturated heterocycles. The van der Waals surface area contributed by atoms with E-state index in [0.717, 1.165) is 17.7 Å². The molecule has 0 atom stereocenters. The molecule has 2 aromatic carbocycles. The minimum absolute atomic E-state index is 0.0825. The van der Waals surface area contributed by atoms with Crippen LogP contribution in [0.2, 0.25) is 0 Å². The normalized spacial score (nSPS) is 16.1. The van der Waals surface area contributed by atoms with E-state index in [9.17, 15) is 32.9 Å². The van der Waals surface area contributed by atoms with Crippen LogP contribution in [-0.2, 0) is 11.0 Å². The fraction of sp³-hybridized carbons (Fsp3) is 0.304. The molecule has 0 unspecified atom stereocenters. The fourth-order valence-electron chi connectivity index (χ4n) is 4.25. The molecular weight excluding hydrogens is 453 g/mol. The molecule has 178 valence electrons. The van der Waals surface area contributed by atoms with Crippen molar-refractivity contribution < 1.29 is 27.7 Å². The minimum atomic E-state index is -4.68. The first-order chi connectivity index (χ1) is 16.1. The van der Waals surface area contributed by atoms with E-state index in [-0.39, 0.29) is 56.6 Å². The number of alkyl halides is 3. The molecule has 4 rings (SSSR count). The number of fused-ring (bicyclic) bond motifs is 1. The summed E-state index contributed by atoms with van der Waals surface area (Å²) in [5.41, 5.74) is 0.213. The molecule has 8 nitrogen and oxygen atoms in total. The molecule has 0 radical (unpaired) electrons. The first kappa shape index (κ1) is 23.3. The van der Waals surface area contributed by atoms with Crippen LogP contribution in [0.25, 0.3) is 5.70 Å². The van der Waals surface area contributed by atoms with Gasteiger partial charge in [0, 0.05) is 62.0 Å². The van der Waals surface area contributed by atoms with Crippen molar-refractivity contribution in [2.75, 3.05) is 37.6 Å². The van der Waals surface area contributed by atoms with Crippen molar-refractivity contribution in [1.29, 1.82) is 0 Å². The molecule has 2 amide bonds. The van der Waals surface area contributed by atoms with Gasteiger partial charge in [-0.15, -0.1) is 0 Å². The van der Waals surface area contributed by atoms with Crippen molar-refractivity contribution in [3.8, 4) is 0 Å². The van der Waals surface area contributed by atoms with E-state index in [2.05, 4.69) is 6.58 Å². The van der Waals surface area contributed by atoms with Crippen LogP contribution in [-0.4, -0.2) is 59.3 Å². The van der Waals surface area contributed by atoms with Crippen molar-refractivity contribution in [2.45, 2.75) is 12.6 Å². The second-order valence-electron chi connectivity index (χ2n) is 8.03. The molecular formula is C23H21F3N4O4. The van der Waals surface area contributed by atoms with Crippen molar-refractivity contribution in [2.24, 2.45) is 0 Å². The number of piperazine rings is 1. The molecule has 0 aliphatic carbocycles. The van der Waals surface area contributed by atoms with Gasteiger partial charge in [-0.1, -0.05) is 24.8 Å². The van der Waals surface area contributed by atoms with E-state index in [1.807, 2.05) is 6.07 Å². The average Bonchev–Trinajstić information content (AvgIpc) is 3.06. The number of nitro groups is 1. The highest BCUT2D eigenvalue weighted by Crippen LogP contribution is 2.37. The SMILES string of the molecule is C=C1c2ccccc2C(=O)N1CCC(=O)N1CCN(c2ccc(C(F)(F)F)cc2[N+](=O)[O-])CC1. The Morgan fingerprint density at radius 3 is 2.29 bits per heavy atom. The average molecular weight is 474 g/mol. The lowest BCUT2D eigenvalue weighted by atomic mass is 10.1. The second kappa shape index (κ2) is 8.81. The van der Waals surface area contributed by atoms with Crippen molar-refractivity contribution in [3.63, 3.8) is 0 Å². The van der Waals surface area contributed by atoms with Crippen LogP contribution in [0.5, 0.6) is 0 Å². The Balaban J connectivity index is 1.36. The van der Waals surface area contributed by atoms with Crippen LogP contribution in [0.15, 0.2) is 49.0 Å². The van der Waals surface area contributed by atoms with Crippen molar-refractivity contribution >= 4 is 28.9 Å². The Morgan fingerprint density at radius 1 is 1.06 bits per heavy atom. The zero-order chi connectivity index (χ0) is 24.6. The lowest BCUT2D eigenvalue weighted by Gasteiger charge is -2.36. The summed E-state index contributed by atoms with van der Waals surface area (Å²) in [4.78, 5) is 40.5. The van der Waals surface area contributed by atoms with Gasteiger partial charge in [0.25, 0.3) is 11.6 Å². The Kier molecular flexibility index (Phi) is 6.03. The molecule has 11 heteroatoms. The van der Waals surface area contributed by atoms with Crippen LogP contribution in [0.3, 0.4) is 0 Å². The Labute approximate surface area is 193 Å². The van der Waals surface area contributed by atoms with E-state index in [0.29, 0.717) is 17.3 Å². The standard InChI is InChI=1S/C23H21F3N4O4/c1-15-17-4-2-3-5-18(17)22(32)29(15)9-8-21(31)28-12-10-27(11-13-28)19-7-6-16(23(24,25)26)14-20(19)30(33)34/h2-7,14H,1,8-13H2. The fourth-order valence-corrected chi connectivity index (χ4v) is 4.25. The van der Waals surface area contributed by atoms with E-state index < -0.39 is 22.4 Å². The lowest BCUT2D eigenvalue weighted by molar-refractivity contribution is -0.384. The summed E-state index contributed by atoms with van der Waals surface area (Å²) in [7, 11) is 0. The maximum Gasteiger partial charge on any atom is 0.416 e. The molecule has 1 fully saturated rings.